The number of carbonyl (C=O) groups is 1. The molecule has 1 N–H and O–H groups in total. The number of hydrogen-bond donors (Lipinski definition) is 1. The van der Waals surface area contributed by atoms with Crippen LogP contribution in [0.5, 0.6) is 0 Å². The summed E-state index contributed by atoms with van der Waals surface area (Å²) in [5.41, 5.74) is 2.34. The number of nitrogens with one attached hydrogen (secondary N) is 1. The summed E-state index contributed by atoms with van der Waals surface area (Å²) in [5, 5.41) is 4.09. The van der Waals surface area contributed by atoms with E-state index in [9.17, 15) is 4.79 Å². The van der Waals surface area contributed by atoms with E-state index >= 15 is 0 Å². The van der Waals surface area contributed by atoms with E-state index in [-0.39, 0.29) is 6.03 Å². The van der Waals surface area contributed by atoms with Crippen molar-refractivity contribution in [3.8, 4) is 0 Å². The third-order valence-corrected chi connectivity index (χ3v) is 3.30. The number of carbonyl (C=O) groups excluding carboxylic acids is 1. The zero-order valence-electron chi connectivity index (χ0n) is 10.7. The molecule has 0 bridgehead atoms. The van der Waals surface area contributed by atoms with Crippen molar-refractivity contribution >= 4 is 34.2 Å². The molecule has 1 amide bonds. The van der Waals surface area contributed by atoms with Crippen molar-refractivity contribution in [2.45, 2.75) is 6.92 Å². The molecular formula is C14H11ClN4O. The minimum atomic E-state index is -0.321. The zero-order chi connectivity index (χ0) is 14.1. The van der Waals surface area contributed by atoms with Gasteiger partial charge in [-0.05, 0) is 30.7 Å². The van der Waals surface area contributed by atoms with Gasteiger partial charge in [0.1, 0.15) is 6.33 Å². The predicted octanol–water partition coefficient (Wildman–Crippen LogP) is 3.47. The average molecular weight is 287 g/mol. The zero-order valence-corrected chi connectivity index (χ0v) is 11.4. The molecule has 2 heterocycles. The molecule has 20 heavy (non-hydrogen) atoms. The lowest BCUT2D eigenvalue weighted by Crippen LogP contribution is -2.18. The molecule has 0 aliphatic heterocycles. The van der Waals surface area contributed by atoms with E-state index in [2.05, 4.69) is 15.3 Å². The Balaban J connectivity index is 2.10. The fraction of sp³-hybridized carbons (Fsp3) is 0.0714. The number of halogens is 1. The van der Waals surface area contributed by atoms with Crippen LogP contribution < -0.4 is 5.32 Å². The van der Waals surface area contributed by atoms with Gasteiger partial charge in [-0.15, -0.1) is 0 Å². The molecule has 0 radical (unpaired) electrons. The molecule has 0 saturated carbocycles. The van der Waals surface area contributed by atoms with Gasteiger partial charge in [-0.1, -0.05) is 11.6 Å². The number of benzene rings is 1. The average Bonchev–Trinajstić information content (AvgIpc) is 2.97. The normalized spacial score (nSPS) is 10.7. The fourth-order valence-corrected chi connectivity index (χ4v) is 2.37. The topological polar surface area (TPSA) is 59.8 Å². The summed E-state index contributed by atoms with van der Waals surface area (Å²) in [6.45, 7) is 1.93. The number of hydrogen-bond acceptors (Lipinski definition) is 3. The van der Waals surface area contributed by atoms with Crippen molar-refractivity contribution in [3.63, 3.8) is 0 Å². The van der Waals surface area contributed by atoms with Crippen LogP contribution in [0.1, 0.15) is 5.56 Å². The third-order valence-electron chi connectivity index (χ3n) is 3.00. The molecule has 3 aromatic rings. The number of aromatic nitrogens is 3. The Bertz CT molecular complexity index is 783. The summed E-state index contributed by atoms with van der Waals surface area (Å²) in [6.07, 6.45) is 6.25. The molecule has 5 nitrogen and oxygen atoms in total. The number of pyridine rings is 1. The van der Waals surface area contributed by atoms with Crippen molar-refractivity contribution in [2.75, 3.05) is 5.32 Å². The number of rotatable bonds is 1. The standard InChI is InChI=1S/C14H11ClN4O/c1-9-7-11(15)13(10-3-2-4-17-12(9)10)18-14(20)19-6-5-16-8-19/h2-8H,1H3,(H,18,20). The monoisotopic (exact) mass is 286 g/mol. The Kier molecular flexibility index (Phi) is 3.12. The summed E-state index contributed by atoms with van der Waals surface area (Å²) in [7, 11) is 0. The van der Waals surface area contributed by atoms with E-state index in [0.29, 0.717) is 10.7 Å². The maximum Gasteiger partial charge on any atom is 0.331 e. The molecule has 3 rings (SSSR count). The largest absolute Gasteiger partial charge is 0.331 e. The van der Waals surface area contributed by atoms with Crippen LogP contribution in [0.25, 0.3) is 10.9 Å². The van der Waals surface area contributed by atoms with E-state index in [1.807, 2.05) is 19.1 Å². The summed E-state index contributed by atoms with van der Waals surface area (Å²) in [6, 6.07) is 5.16. The van der Waals surface area contributed by atoms with Gasteiger partial charge in [-0.2, -0.15) is 0 Å². The molecule has 100 valence electrons. The van der Waals surface area contributed by atoms with Gasteiger partial charge in [0.2, 0.25) is 0 Å². The Labute approximate surface area is 120 Å². The smallest absolute Gasteiger partial charge is 0.305 e. The van der Waals surface area contributed by atoms with Gasteiger partial charge in [-0.3, -0.25) is 9.55 Å². The van der Waals surface area contributed by atoms with E-state index in [4.69, 9.17) is 11.6 Å². The SMILES string of the molecule is Cc1cc(Cl)c(NC(=O)n2ccnc2)c2cccnc12. The summed E-state index contributed by atoms with van der Waals surface area (Å²) < 4.78 is 1.35. The number of anilines is 1. The first kappa shape index (κ1) is 12.6. The van der Waals surface area contributed by atoms with Crippen LogP contribution in [-0.4, -0.2) is 20.6 Å². The molecule has 1 aromatic carbocycles. The van der Waals surface area contributed by atoms with Crippen LogP contribution in [-0.2, 0) is 0 Å². The number of nitrogens with zero attached hydrogens (tertiary/aromatic N) is 3. The van der Waals surface area contributed by atoms with E-state index in [0.717, 1.165) is 16.5 Å². The van der Waals surface area contributed by atoms with Gasteiger partial charge in [0, 0.05) is 24.0 Å². The van der Waals surface area contributed by atoms with Gasteiger partial charge in [-0.25, -0.2) is 9.78 Å². The number of amides is 1. The van der Waals surface area contributed by atoms with Crippen LogP contribution in [0.2, 0.25) is 5.02 Å². The van der Waals surface area contributed by atoms with Crippen LogP contribution in [0.4, 0.5) is 10.5 Å². The van der Waals surface area contributed by atoms with Crippen molar-refractivity contribution in [2.24, 2.45) is 0 Å². The molecule has 0 atom stereocenters. The molecule has 0 saturated heterocycles. The second-order valence-electron chi connectivity index (χ2n) is 4.35. The molecule has 6 heteroatoms. The first-order chi connectivity index (χ1) is 9.66. The molecule has 0 aliphatic rings. The second-order valence-corrected chi connectivity index (χ2v) is 4.76. The van der Waals surface area contributed by atoms with E-state index in [1.54, 1.807) is 18.5 Å². The van der Waals surface area contributed by atoms with Crippen molar-refractivity contribution in [1.82, 2.24) is 14.5 Å². The minimum absolute atomic E-state index is 0.321. The molecule has 0 unspecified atom stereocenters. The summed E-state index contributed by atoms with van der Waals surface area (Å²) >= 11 is 6.25. The van der Waals surface area contributed by atoms with Crippen LogP contribution in [0.3, 0.4) is 0 Å². The lowest BCUT2D eigenvalue weighted by atomic mass is 10.1. The van der Waals surface area contributed by atoms with Crippen LogP contribution in [0, 0.1) is 6.92 Å². The highest BCUT2D eigenvalue weighted by Gasteiger charge is 2.13. The van der Waals surface area contributed by atoms with Gasteiger partial charge < -0.3 is 5.32 Å². The fourth-order valence-electron chi connectivity index (χ4n) is 2.06. The molecule has 2 aromatic heterocycles. The Morgan fingerprint density at radius 2 is 2.25 bits per heavy atom. The second kappa shape index (κ2) is 4.94. The van der Waals surface area contributed by atoms with Gasteiger partial charge >= 0.3 is 6.03 Å². The van der Waals surface area contributed by atoms with Gasteiger partial charge in [0.05, 0.1) is 16.2 Å². The highest BCUT2D eigenvalue weighted by Crippen LogP contribution is 2.32. The predicted molar refractivity (Wildman–Crippen MR) is 78.1 cm³/mol. The lowest BCUT2D eigenvalue weighted by Gasteiger charge is -2.12. The molecule has 0 aliphatic carbocycles. The van der Waals surface area contributed by atoms with Crippen molar-refractivity contribution in [1.29, 1.82) is 0 Å². The molecule has 0 spiro atoms. The van der Waals surface area contributed by atoms with Gasteiger partial charge in [0.15, 0.2) is 0 Å². The molecule has 0 fully saturated rings. The highest BCUT2D eigenvalue weighted by molar-refractivity contribution is 6.35. The minimum Gasteiger partial charge on any atom is -0.305 e. The summed E-state index contributed by atoms with van der Waals surface area (Å²) in [5.74, 6) is 0. The first-order valence-electron chi connectivity index (χ1n) is 6.00. The van der Waals surface area contributed by atoms with Crippen molar-refractivity contribution in [3.05, 3.63) is 53.7 Å². The Morgan fingerprint density at radius 1 is 1.40 bits per heavy atom. The lowest BCUT2D eigenvalue weighted by molar-refractivity contribution is 0.253. The third kappa shape index (κ3) is 2.12. The Morgan fingerprint density at radius 3 is 3.00 bits per heavy atom. The van der Waals surface area contributed by atoms with Crippen LogP contribution >= 0.6 is 11.6 Å². The summed E-state index contributed by atoms with van der Waals surface area (Å²) in [4.78, 5) is 20.3. The van der Waals surface area contributed by atoms with Gasteiger partial charge in [0.25, 0.3) is 0 Å². The number of aryl methyl sites for hydroxylation is 1. The maximum absolute atomic E-state index is 12.1. The number of imidazole rings is 1. The van der Waals surface area contributed by atoms with E-state index < -0.39 is 0 Å². The Hall–Kier alpha value is -2.40. The van der Waals surface area contributed by atoms with E-state index in [1.165, 1.54) is 17.1 Å². The quantitative estimate of drug-likeness (QED) is 0.745. The maximum atomic E-state index is 12.1. The highest BCUT2D eigenvalue weighted by atomic mass is 35.5. The van der Waals surface area contributed by atoms with Crippen LogP contribution in [0.15, 0.2) is 43.1 Å². The van der Waals surface area contributed by atoms with Crippen molar-refractivity contribution < 1.29 is 4.79 Å². The molecular weight excluding hydrogens is 276 g/mol. The first-order valence-corrected chi connectivity index (χ1v) is 6.38. The number of fused-ring (bicyclic) bond motifs is 1.